The van der Waals surface area contributed by atoms with Crippen molar-refractivity contribution in [1.82, 2.24) is 37.2 Å². The highest BCUT2D eigenvalue weighted by Crippen LogP contribution is 2.36. The highest BCUT2D eigenvalue weighted by atomic mass is 31.2. The zero-order chi connectivity index (χ0) is 56.8. The number of benzene rings is 1. The fraction of sp³-hybridized carbons (Fsp3) is 0.564. The average molecular weight is 1100 g/mol. The minimum absolute atomic E-state index is 0.00169. The van der Waals surface area contributed by atoms with Gasteiger partial charge in [0.05, 0.1) is 25.7 Å². The summed E-state index contributed by atoms with van der Waals surface area (Å²) < 4.78 is 31.8. The van der Waals surface area contributed by atoms with E-state index in [1.165, 1.54) is 38.1 Å². The number of phenolic OH excluding ortho intramolecular Hbond substituents is 1. The lowest BCUT2D eigenvalue weighted by Gasteiger charge is -2.29. The van der Waals surface area contributed by atoms with Crippen LogP contribution in [0.5, 0.6) is 5.75 Å². The van der Waals surface area contributed by atoms with Crippen molar-refractivity contribution in [3.63, 3.8) is 0 Å². The number of phosphoric acid groups is 2. The van der Waals surface area contributed by atoms with Crippen LogP contribution >= 0.6 is 15.6 Å². The van der Waals surface area contributed by atoms with Crippen LogP contribution in [0.25, 0.3) is 0 Å². The maximum atomic E-state index is 13.9. The van der Waals surface area contributed by atoms with Crippen molar-refractivity contribution in [2.24, 2.45) is 5.92 Å². The molecule has 33 nitrogen and oxygen atoms in total. The van der Waals surface area contributed by atoms with Gasteiger partial charge < -0.3 is 93.2 Å². The number of aromatic hydroxyl groups is 1. The lowest BCUT2D eigenvalue weighted by atomic mass is 10.0. The Kier molecular flexibility index (Phi) is 26.9. The van der Waals surface area contributed by atoms with Crippen molar-refractivity contribution in [1.29, 1.82) is 0 Å². The summed E-state index contributed by atoms with van der Waals surface area (Å²) in [6, 6.07) is -9.77. The summed E-state index contributed by atoms with van der Waals surface area (Å²) in [6.45, 7) is 1.16. The number of hydrogen-bond acceptors (Lipinski definition) is 17. The van der Waals surface area contributed by atoms with Crippen LogP contribution in [0.2, 0.25) is 0 Å². The summed E-state index contributed by atoms with van der Waals surface area (Å²) in [5, 5.41) is 71.6. The minimum atomic E-state index is -5.53. The number of carboxylic acids is 4. The number of carbonyl (C=O) groups is 11. The van der Waals surface area contributed by atoms with Gasteiger partial charge in [0.1, 0.15) is 48.0 Å². The van der Waals surface area contributed by atoms with E-state index < -0.39 is 187 Å². The maximum Gasteiger partial charge on any atom is 0.469 e. The third kappa shape index (κ3) is 26.3. The second-order valence-electron chi connectivity index (χ2n) is 16.7. The van der Waals surface area contributed by atoms with E-state index in [9.17, 15) is 107 Å². The molecule has 0 radical (unpaired) electrons. The van der Waals surface area contributed by atoms with Crippen LogP contribution < -0.4 is 43.0 Å². The van der Waals surface area contributed by atoms with E-state index >= 15 is 0 Å². The molecule has 1 rings (SSSR count). The molecule has 0 bridgehead atoms. The van der Waals surface area contributed by atoms with Crippen LogP contribution in [-0.2, 0) is 77.3 Å². The molecule has 0 aromatic heterocycles. The van der Waals surface area contributed by atoms with Gasteiger partial charge in [0.2, 0.25) is 35.4 Å². The Labute approximate surface area is 419 Å². The summed E-state index contributed by atoms with van der Waals surface area (Å²) in [4.78, 5) is 178. The molecular formula is C39H61N8O25P2+. The van der Waals surface area contributed by atoms with E-state index in [-0.39, 0.29) is 18.6 Å². The monoisotopic (exact) mass is 1100 g/mol. The van der Waals surface area contributed by atoms with Gasteiger partial charge in [-0.1, -0.05) is 26.0 Å². The van der Waals surface area contributed by atoms with Crippen LogP contribution in [-0.4, -0.2) is 183 Å². The topological polar surface area (TPSA) is 555 Å². The Morgan fingerprint density at radius 2 is 0.932 bits per heavy atom. The number of phosphoric ester groups is 2. The molecule has 0 aliphatic heterocycles. The molecule has 1 aromatic carbocycles. The average Bonchev–Trinajstić information content (AvgIpc) is 3.26. The molecule has 74 heavy (non-hydrogen) atoms. The fourth-order valence-corrected chi connectivity index (χ4v) is 6.85. The van der Waals surface area contributed by atoms with Crippen LogP contribution in [0.4, 0.5) is 0 Å². The van der Waals surface area contributed by atoms with Crippen molar-refractivity contribution >= 4 is 80.9 Å². The van der Waals surface area contributed by atoms with Crippen molar-refractivity contribution in [3.05, 3.63) is 29.8 Å². The standard InChI is InChI=1S/C39H60N8O25P2/c1-17(2)12-24(44-38(62)31(18(3)48)47-33(57)22(8-10-28(50)51)41-32(56)21(40)13-19-4-6-20(49)7-5-19)34(58)45-27(16-72-74(68,69)70)37(61)43-25(14-30(54)55)35(59)46-26(15-71-73(65,66)67)36(60)42-23(39(63)64)9-11-29(52)53/h4-7,17-18,21-27,31,48-49H,8-16,40H2,1-3H3,(H,41,56)(H,42,60)(H,43,61)(H,44,62)(H,45,58)(H,46,59)(H,47,57)(H,50,51)(H,52,53)(H,54,55)(H,63,64)(H2,65,66,67)(H2,68,69,70)/p+1/t18-,21+,22+,23+,24+,25+,26+,27+,31+/m1/s1. The van der Waals surface area contributed by atoms with E-state index in [0.717, 1.165) is 6.92 Å². The van der Waals surface area contributed by atoms with Gasteiger partial charge in [0, 0.05) is 19.3 Å². The van der Waals surface area contributed by atoms with Crippen LogP contribution in [0.15, 0.2) is 24.3 Å². The maximum absolute atomic E-state index is 13.9. The summed E-state index contributed by atoms with van der Waals surface area (Å²) in [6.07, 6.45) is -6.32. The quantitative estimate of drug-likeness (QED) is 0.0286. The van der Waals surface area contributed by atoms with E-state index in [1.807, 2.05) is 10.6 Å². The van der Waals surface area contributed by atoms with Crippen molar-refractivity contribution in [2.45, 2.75) is 120 Å². The molecule has 7 amide bonds. The first-order valence-corrected chi connectivity index (χ1v) is 24.8. The molecule has 20 N–H and O–H groups in total. The number of hydrogen-bond donors (Lipinski definition) is 18. The van der Waals surface area contributed by atoms with Gasteiger partial charge in [-0.2, -0.15) is 0 Å². The smallest absolute Gasteiger partial charge is 0.469 e. The predicted molar refractivity (Wildman–Crippen MR) is 243 cm³/mol. The number of amides is 7. The molecule has 9 atom stereocenters. The summed E-state index contributed by atoms with van der Waals surface area (Å²) >= 11 is 0. The minimum Gasteiger partial charge on any atom is -0.508 e. The van der Waals surface area contributed by atoms with E-state index in [0.29, 0.717) is 5.56 Å². The number of rotatable bonds is 34. The Bertz CT molecular complexity index is 2270. The molecule has 0 unspecified atom stereocenters. The molecule has 0 spiro atoms. The summed E-state index contributed by atoms with van der Waals surface area (Å²) in [5.41, 5.74) is 4.30. The zero-order valence-electron chi connectivity index (χ0n) is 39.6. The number of phenols is 1. The van der Waals surface area contributed by atoms with E-state index in [1.54, 1.807) is 10.6 Å². The SMILES string of the molecule is CC(C)C[C@H](NC(=O)[C@@H](NC(=O)[C@H](CCC(=O)O)NC(=O)[C@@H]([NH3+])Cc1ccc(O)cc1)[C@@H](C)O)C(=O)N[C@@H](COP(=O)(O)O)C(=O)N[C@@H](CC(=O)O)C(=O)N[C@@H](COP(=O)(O)O)C(=O)N[C@@H](CCC(=O)O)C(=O)O. The fourth-order valence-electron chi connectivity index (χ4n) is 6.17. The Morgan fingerprint density at radius 3 is 1.35 bits per heavy atom. The van der Waals surface area contributed by atoms with Crippen LogP contribution in [0, 0.1) is 5.92 Å². The van der Waals surface area contributed by atoms with Gasteiger partial charge >= 0.3 is 39.5 Å². The van der Waals surface area contributed by atoms with Gasteiger partial charge in [-0.05, 0) is 49.8 Å². The normalized spacial score (nSPS) is 15.2. The molecule has 0 aliphatic rings. The highest BCUT2D eigenvalue weighted by Gasteiger charge is 2.38. The Morgan fingerprint density at radius 1 is 0.541 bits per heavy atom. The molecular weight excluding hydrogens is 1040 g/mol. The number of aliphatic hydroxyl groups excluding tert-OH is 1. The third-order valence-corrected chi connectivity index (χ3v) is 10.8. The molecule has 0 aliphatic carbocycles. The lowest BCUT2D eigenvalue weighted by Crippen LogP contribution is -2.70. The largest absolute Gasteiger partial charge is 0.508 e. The lowest BCUT2D eigenvalue weighted by molar-refractivity contribution is -0.403. The second kappa shape index (κ2) is 30.5. The molecule has 35 heteroatoms. The van der Waals surface area contributed by atoms with Crippen molar-refractivity contribution in [3.8, 4) is 5.75 Å². The number of carboxylic acid groups (broad SMARTS) is 4. The van der Waals surface area contributed by atoms with E-state index in [4.69, 9.17) is 5.11 Å². The zero-order valence-corrected chi connectivity index (χ0v) is 41.4. The Balaban J connectivity index is 3.50. The van der Waals surface area contributed by atoms with Gasteiger partial charge in [-0.3, -0.25) is 57.0 Å². The van der Waals surface area contributed by atoms with Crippen LogP contribution in [0.3, 0.4) is 0 Å². The van der Waals surface area contributed by atoms with Gasteiger partial charge in [-0.15, -0.1) is 0 Å². The summed E-state index contributed by atoms with van der Waals surface area (Å²) in [5.74, 6) is -16.8. The van der Waals surface area contributed by atoms with Crippen LogP contribution in [0.1, 0.15) is 64.9 Å². The van der Waals surface area contributed by atoms with Crippen molar-refractivity contribution in [2.75, 3.05) is 13.2 Å². The van der Waals surface area contributed by atoms with Gasteiger partial charge in [0.15, 0.2) is 6.04 Å². The highest BCUT2D eigenvalue weighted by molar-refractivity contribution is 7.46. The predicted octanol–water partition coefficient (Wildman–Crippen LogP) is -6.13. The van der Waals surface area contributed by atoms with Crippen molar-refractivity contribution < 1.29 is 127 Å². The molecule has 0 fully saturated rings. The number of nitrogens with one attached hydrogen (secondary N) is 7. The van der Waals surface area contributed by atoms with Gasteiger partial charge in [0.25, 0.3) is 5.91 Å². The molecule has 1 aromatic rings. The second-order valence-corrected chi connectivity index (χ2v) is 19.1. The third-order valence-electron chi connectivity index (χ3n) is 9.83. The van der Waals surface area contributed by atoms with E-state index in [2.05, 4.69) is 30.7 Å². The molecule has 416 valence electrons. The molecule has 0 saturated carbocycles. The summed E-state index contributed by atoms with van der Waals surface area (Å²) in [7, 11) is -11.0. The number of aliphatic hydroxyl groups is 1. The number of quaternary nitrogens is 1. The first-order valence-electron chi connectivity index (χ1n) is 21.8. The Hall–Kier alpha value is -6.67. The first kappa shape index (κ1) is 65.3. The first-order chi connectivity index (χ1) is 34.1. The molecule has 0 heterocycles. The number of carbonyl (C=O) groups excluding carboxylic acids is 7. The number of aliphatic carboxylic acids is 4. The molecule has 0 saturated heterocycles. The van der Waals surface area contributed by atoms with Gasteiger partial charge in [-0.25, -0.2) is 13.9 Å².